The first-order valence-corrected chi connectivity index (χ1v) is 8.18. The zero-order chi connectivity index (χ0) is 14.8. The molecular formula is C12H14N2O4S2. The summed E-state index contributed by atoms with van der Waals surface area (Å²) in [7, 11) is -2.18. The van der Waals surface area contributed by atoms with Crippen LogP contribution >= 0.6 is 11.3 Å². The second-order valence-electron chi connectivity index (χ2n) is 4.20. The van der Waals surface area contributed by atoms with Crippen LogP contribution in [0.15, 0.2) is 34.7 Å². The molecule has 2 aromatic heterocycles. The van der Waals surface area contributed by atoms with E-state index >= 15 is 0 Å². The summed E-state index contributed by atoms with van der Waals surface area (Å²) in [5.41, 5.74) is -0.0661. The second kappa shape index (κ2) is 5.78. The van der Waals surface area contributed by atoms with Crippen LogP contribution in [-0.2, 0) is 23.5 Å². The van der Waals surface area contributed by atoms with Crippen LogP contribution in [0.2, 0.25) is 0 Å². The van der Waals surface area contributed by atoms with Crippen molar-refractivity contribution in [2.45, 2.75) is 11.3 Å². The molecule has 0 bridgehead atoms. The highest BCUT2D eigenvalue weighted by Gasteiger charge is 2.19. The lowest BCUT2D eigenvalue weighted by molar-refractivity contribution is 0.0686. The van der Waals surface area contributed by atoms with Crippen molar-refractivity contribution < 1.29 is 18.3 Å². The van der Waals surface area contributed by atoms with E-state index < -0.39 is 16.0 Å². The van der Waals surface area contributed by atoms with E-state index in [1.165, 1.54) is 17.8 Å². The van der Waals surface area contributed by atoms with Crippen LogP contribution < -0.4 is 4.72 Å². The molecule has 0 spiro atoms. The van der Waals surface area contributed by atoms with Gasteiger partial charge in [0, 0.05) is 24.7 Å². The Labute approximate surface area is 120 Å². The van der Waals surface area contributed by atoms with Gasteiger partial charge in [-0.25, -0.2) is 17.9 Å². The fourth-order valence-electron chi connectivity index (χ4n) is 1.74. The normalized spacial score (nSPS) is 11.7. The van der Waals surface area contributed by atoms with Crippen LogP contribution in [0.4, 0.5) is 0 Å². The number of thiophene rings is 1. The number of hydrogen-bond donors (Lipinski definition) is 2. The van der Waals surface area contributed by atoms with Gasteiger partial charge < -0.3 is 9.67 Å². The van der Waals surface area contributed by atoms with Gasteiger partial charge in [0.05, 0.1) is 0 Å². The summed E-state index contributed by atoms with van der Waals surface area (Å²) in [4.78, 5) is 11.9. The Morgan fingerprint density at radius 1 is 1.50 bits per heavy atom. The average Bonchev–Trinajstić information content (AvgIpc) is 2.98. The van der Waals surface area contributed by atoms with Crippen molar-refractivity contribution in [3.05, 3.63) is 40.3 Å². The number of hydrogen-bond acceptors (Lipinski definition) is 4. The maximum Gasteiger partial charge on any atom is 0.352 e. The van der Waals surface area contributed by atoms with E-state index in [0.29, 0.717) is 6.42 Å². The molecule has 6 nitrogen and oxygen atoms in total. The lowest BCUT2D eigenvalue weighted by Gasteiger charge is -2.03. The highest BCUT2D eigenvalue weighted by Crippen LogP contribution is 2.14. The molecule has 0 saturated heterocycles. The molecule has 20 heavy (non-hydrogen) atoms. The van der Waals surface area contributed by atoms with Gasteiger partial charge in [0.2, 0.25) is 10.0 Å². The molecule has 0 aliphatic heterocycles. The number of rotatable bonds is 6. The fourth-order valence-corrected chi connectivity index (χ4v) is 3.55. The van der Waals surface area contributed by atoms with E-state index in [0.717, 1.165) is 10.9 Å². The summed E-state index contributed by atoms with van der Waals surface area (Å²) >= 11 is 1.56. The van der Waals surface area contributed by atoms with Gasteiger partial charge in [-0.1, -0.05) is 6.07 Å². The summed E-state index contributed by atoms with van der Waals surface area (Å²) < 4.78 is 27.8. The fraction of sp³-hybridized carbons (Fsp3) is 0.250. The number of aryl methyl sites for hydroxylation is 1. The Morgan fingerprint density at radius 2 is 2.25 bits per heavy atom. The Kier molecular flexibility index (Phi) is 4.26. The van der Waals surface area contributed by atoms with E-state index in [4.69, 9.17) is 5.11 Å². The highest BCUT2D eigenvalue weighted by molar-refractivity contribution is 7.89. The minimum absolute atomic E-state index is 0.0384. The van der Waals surface area contributed by atoms with E-state index in [-0.39, 0.29) is 17.1 Å². The van der Waals surface area contributed by atoms with Gasteiger partial charge in [-0.3, -0.25) is 0 Å². The first-order chi connectivity index (χ1) is 9.40. The molecule has 0 aliphatic carbocycles. The van der Waals surface area contributed by atoms with Gasteiger partial charge in [-0.05, 0) is 23.9 Å². The van der Waals surface area contributed by atoms with E-state index in [1.807, 2.05) is 17.5 Å². The minimum Gasteiger partial charge on any atom is -0.477 e. The molecule has 0 atom stereocenters. The van der Waals surface area contributed by atoms with Crippen molar-refractivity contribution in [2.75, 3.05) is 6.54 Å². The maximum absolute atomic E-state index is 12.0. The lowest BCUT2D eigenvalue weighted by Crippen LogP contribution is -2.25. The Balaban J connectivity index is 2.06. The first-order valence-electron chi connectivity index (χ1n) is 5.82. The van der Waals surface area contributed by atoms with Crippen molar-refractivity contribution in [2.24, 2.45) is 7.05 Å². The molecule has 0 fully saturated rings. The maximum atomic E-state index is 12.0. The number of carboxylic acids is 1. The zero-order valence-corrected chi connectivity index (χ0v) is 12.4. The minimum atomic E-state index is -3.68. The standard InChI is InChI=1S/C12H14N2O4S2/c1-14-8-10(7-11(14)12(15)16)20(17,18)13-5-4-9-3-2-6-19-9/h2-3,6-8,13H,4-5H2,1H3,(H,15,16). The summed E-state index contributed by atoms with van der Waals surface area (Å²) in [5.74, 6) is -1.16. The molecular weight excluding hydrogens is 300 g/mol. The van der Waals surface area contributed by atoms with Crippen LogP contribution in [0.3, 0.4) is 0 Å². The van der Waals surface area contributed by atoms with Crippen molar-refractivity contribution in [3.8, 4) is 0 Å². The predicted molar refractivity (Wildman–Crippen MR) is 75.6 cm³/mol. The van der Waals surface area contributed by atoms with E-state index in [9.17, 15) is 13.2 Å². The summed E-state index contributed by atoms with van der Waals surface area (Å²) in [6, 6.07) is 4.99. The highest BCUT2D eigenvalue weighted by atomic mass is 32.2. The Morgan fingerprint density at radius 3 is 2.80 bits per heavy atom. The lowest BCUT2D eigenvalue weighted by atomic mass is 10.3. The Bertz CT molecular complexity index is 702. The van der Waals surface area contributed by atoms with Gasteiger partial charge in [0.25, 0.3) is 0 Å². The van der Waals surface area contributed by atoms with Gasteiger partial charge in [0.1, 0.15) is 10.6 Å². The van der Waals surface area contributed by atoms with Gasteiger partial charge in [-0.2, -0.15) is 0 Å². The predicted octanol–water partition coefficient (Wildman–Crippen LogP) is 1.31. The molecule has 0 aromatic carbocycles. The number of carbonyl (C=O) groups is 1. The molecule has 2 heterocycles. The summed E-state index contributed by atoms with van der Waals surface area (Å²) in [5, 5.41) is 10.8. The summed E-state index contributed by atoms with van der Waals surface area (Å²) in [6.07, 6.45) is 1.90. The quantitative estimate of drug-likeness (QED) is 0.841. The van der Waals surface area contributed by atoms with Crippen molar-refractivity contribution in [3.63, 3.8) is 0 Å². The monoisotopic (exact) mass is 314 g/mol. The Hall–Kier alpha value is -1.64. The second-order valence-corrected chi connectivity index (χ2v) is 7.00. The third kappa shape index (κ3) is 3.27. The molecule has 2 rings (SSSR count). The van der Waals surface area contributed by atoms with Gasteiger partial charge >= 0.3 is 5.97 Å². The molecule has 108 valence electrons. The third-order valence-electron chi connectivity index (χ3n) is 2.75. The topological polar surface area (TPSA) is 88.4 Å². The van der Waals surface area contributed by atoms with Crippen molar-refractivity contribution in [1.82, 2.24) is 9.29 Å². The van der Waals surface area contributed by atoms with Crippen molar-refractivity contribution in [1.29, 1.82) is 0 Å². The molecule has 8 heteroatoms. The largest absolute Gasteiger partial charge is 0.477 e. The van der Waals surface area contributed by atoms with Crippen LogP contribution in [-0.4, -0.2) is 30.6 Å². The number of aromatic nitrogens is 1. The number of sulfonamides is 1. The molecule has 0 aliphatic rings. The van der Waals surface area contributed by atoms with E-state index in [2.05, 4.69) is 4.72 Å². The molecule has 2 N–H and O–H groups in total. The summed E-state index contributed by atoms with van der Waals surface area (Å²) in [6.45, 7) is 0.278. The van der Waals surface area contributed by atoms with Crippen LogP contribution in [0.5, 0.6) is 0 Å². The number of aromatic carboxylic acids is 1. The third-order valence-corrected chi connectivity index (χ3v) is 5.12. The average molecular weight is 314 g/mol. The zero-order valence-electron chi connectivity index (χ0n) is 10.7. The van der Waals surface area contributed by atoms with Crippen LogP contribution in [0, 0.1) is 0 Å². The molecule has 0 saturated carbocycles. The smallest absolute Gasteiger partial charge is 0.352 e. The van der Waals surface area contributed by atoms with Crippen LogP contribution in [0.1, 0.15) is 15.4 Å². The molecule has 0 radical (unpaired) electrons. The molecule has 0 amide bonds. The molecule has 2 aromatic rings. The first kappa shape index (κ1) is 14.8. The van der Waals surface area contributed by atoms with Crippen LogP contribution in [0.25, 0.3) is 0 Å². The van der Waals surface area contributed by atoms with Crippen molar-refractivity contribution >= 4 is 27.3 Å². The van der Waals surface area contributed by atoms with E-state index in [1.54, 1.807) is 11.3 Å². The number of carboxylic acid groups (broad SMARTS) is 1. The number of nitrogens with zero attached hydrogens (tertiary/aromatic N) is 1. The van der Waals surface area contributed by atoms with Gasteiger partial charge in [0.15, 0.2) is 0 Å². The molecule has 0 unspecified atom stereocenters. The number of nitrogens with one attached hydrogen (secondary N) is 1. The SMILES string of the molecule is Cn1cc(S(=O)(=O)NCCc2cccs2)cc1C(=O)O. The van der Waals surface area contributed by atoms with Gasteiger partial charge in [-0.15, -0.1) is 11.3 Å².